The van der Waals surface area contributed by atoms with E-state index < -0.39 is 22.9 Å². The maximum atomic E-state index is 12.6. The molecular weight excluding hydrogens is 344 g/mol. The molecule has 0 saturated heterocycles. The summed E-state index contributed by atoms with van der Waals surface area (Å²) in [5.41, 5.74) is 1.40. The summed E-state index contributed by atoms with van der Waals surface area (Å²) in [6.07, 6.45) is 2.65. The summed E-state index contributed by atoms with van der Waals surface area (Å²) < 4.78 is 5.35. The van der Waals surface area contributed by atoms with Gasteiger partial charge >= 0.3 is 5.97 Å². The second-order valence-electron chi connectivity index (χ2n) is 7.19. The average molecular weight is 366 g/mol. The molecule has 7 nitrogen and oxygen atoms in total. The molecule has 2 aliphatic carbocycles. The Bertz CT molecular complexity index is 727. The van der Waals surface area contributed by atoms with Crippen molar-refractivity contribution in [3.8, 4) is 0 Å². The van der Waals surface area contributed by atoms with Crippen molar-refractivity contribution < 1.29 is 19.2 Å². The quantitative estimate of drug-likeness (QED) is 0.490. The molecule has 1 saturated carbocycles. The van der Waals surface area contributed by atoms with Gasteiger partial charge in [-0.3, -0.25) is 14.9 Å². The lowest BCUT2D eigenvalue weighted by Gasteiger charge is -2.18. The summed E-state index contributed by atoms with van der Waals surface area (Å²) in [7, 11) is 0. The van der Waals surface area contributed by atoms with Crippen LogP contribution in [-0.4, -0.2) is 28.9 Å². The Hall–Kier alpha value is -1.96. The van der Waals surface area contributed by atoms with Crippen LogP contribution in [0.2, 0.25) is 0 Å². The molecule has 3 rings (SSSR count). The van der Waals surface area contributed by atoms with Crippen LogP contribution in [0.4, 0.5) is 5.00 Å². The van der Waals surface area contributed by atoms with Gasteiger partial charge in [-0.2, -0.15) is 0 Å². The van der Waals surface area contributed by atoms with E-state index in [9.17, 15) is 19.7 Å². The molecular formula is C17H22N2O5S. The standard InChI is InChI=1S/C17H22N2O5S/c1-8(2)24-17(21)14-10-5-4-9(3)6-13(10)25-16(14)18-15(20)11-7-12(11)19(22)23/h8-9,11-12H,4-7H2,1-3H3,(H,18,20). The van der Waals surface area contributed by atoms with E-state index in [1.165, 1.54) is 11.3 Å². The van der Waals surface area contributed by atoms with E-state index in [4.69, 9.17) is 4.74 Å². The van der Waals surface area contributed by atoms with Gasteiger partial charge in [-0.1, -0.05) is 6.92 Å². The number of anilines is 1. The highest BCUT2D eigenvalue weighted by Gasteiger charge is 2.53. The van der Waals surface area contributed by atoms with E-state index in [2.05, 4.69) is 12.2 Å². The molecule has 136 valence electrons. The first kappa shape index (κ1) is 17.8. The second-order valence-corrected chi connectivity index (χ2v) is 8.30. The topological polar surface area (TPSA) is 98.5 Å². The number of hydrogen-bond acceptors (Lipinski definition) is 6. The summed E-state index contributed by atoms with van der Waals surface area (Å²) in [6.45, 7) is 5.73. The van der Waals surface area contributed by atoms with Crippen molar-refractivity contribution >= 4 is 28.2 Å². The second kappa shape index (κ2) is 6.74. The van der Waals surface area contributed by atoms with Gasteiger partial charge in [-0.25, -0.2) is 4.79 Å². The molecule has 1 aromatic heterocycles. The van der Waals surface area contributed by atoms with Crippen LogP contribution in [0, 0.1) is 22.0 Å². The number of carbonyl (C=O) groups is 2. The molecule has 1 N–H and O–H groups in total. The van der Waals surface area contributed by atoms with Crippen molar-refractivity contribution in [3.63, 3.8) is 0 Å². The summed E-state index contributed by atoms with van der Waals surface area (Å²) in [5, 5.41) is 14.0. The van der Waals surface area contributed by atoms with Crippen molar-refractivity contribution in [1.29, 1.82) is 0 Å². The third kappa shape index (κ3) is 3.68. The fraction of sp³-hybridized carbons (Fsp3) is 0.647. The normalized spacial score (nSPS) is 24.6. The highest BCUT2D eigenvalue weighted by Crippen LogP contribution is 2.41. The number of thiophene rings is 1. The molecule has 2 aliphatic rings. The summed E-state index contributed by atoms with van der Waals surface area (Å²) >= 11 is 1.40. The third-order valence-electron chi connectivity index (χ3n) is 4.66. The maximum Gasteiger partial charge on any atom is 0.341 e. The Morgan fingerprint density at radius 2 is 2.12 bits per heavy atom. The minimum Gasteiger partial charge on any atom is -0.459 e. The lowest BCUT2D eigenvalue weighted by Crippen LogP contribution is -2.21. The number of nitrogens with one attached hydrogen (secondary N) is 1. The van der Waals surface area contributed by atoms with Gasteiger partial charge in [0.2, 0.25) is 11.9 Å². The molecule has 0 bridgehead atoms. The molecule has 0 aliphatic heterocycles. The number of nitrogens with zero attached hydrogens (tertiary/aromatic N) is 1. The van der Waals surface area contributed by atoms with Gasteiger partial charge in [0.05, 0.1) is 11.7 Å². The van der Waals surface area contributed by atoms with E-state index in [1.54, 1.807) is 13.8 Å². The van der Waals surface area contributed by atoms with E-state index >= 15 is 0 Å². The zero-order chi connectivity index (χ0) is 18.3. The fourth-order valence-electron chi connectivity index (χ4n) is 3.23. The number of esters is 1. The SMILES string of the molecule is CC1CCc2c(sc(NC(=O)C3CC3[N+](=O)[O-])c2C(=O)OC(C)C)C1. The van der Waals surface area contributed by atoms with Crippen LogP contribution in [0.1, 0.15) is 54.4 Å². The van der Waals surface area contributed by atoms with Crippen molar-refractivity contribution in [3.05, 3.63) is 26.1 Å². The first-order chi connectivity index (χ1) is 11.8. The number of carbonyl (C=O) groups excluding carboxylic acids is 2. The largest absolute Gasteiger partial charge is 0.459 e. The minimum atomic E-state index is -0.805. The molecule has 25 heavy (non-hydrogen) atoms. The van der Waals surface area contributed by atoms with Gasteiger partial charge in [-0.15, -0.1) is 11.3 Å². The Labute approximate surface area is 149 Å². The van der Waals surface area contributed by atoms with E-state index in [1.807, 2.05) is 0 Å². The fourth-order valence-corrected chi connectivity index (χ4v) is 4.63. The zero-order valence-electron chi connectivity index (χ0n) is 14.5. The Morgan fingerprint density at radius 3 is 2.72 bits per heavy atom. The van der Waals surface area contributed by atoms with E-state index in [0.29, 0.717) is 16.5 Å². The predicted octanol–water partition coefficient (Wildman–Crippen LogP) is 3.04. The average Bonchev–Trinajstić information content (AvgIpc) is 3.23. The molecule has 8 heteroatoms. The first-order valence-corrected chi connectivity index (χ1v) is 9.39. The van der Waals surface area contributed by atoms with Crippen LogP contribution in [0.15, 0.2) is 0 Å². The number of amides is 1. The van der Waals surface area contributed by atoms with Crippen LogP contribution < -0.4 is 5.32 Å². The van der Waals surface area contributed by atoms with Gasteiger partial charge in [0.25, 0.3) is 0 Å². The minimum absolute atomic E-state index is 0.253. The molecule has 3 atom stereocenters. The van der Waals surface area contributed by atoms with Crippen molar-refractivity contribution in [1.82, 2.24) is 0 Å². The Morgan fingerprint density at radius 1 is 1.40 bits per heavy atom. The van der Waals surface area contributed by atoms with Crippen LogP contribution in [-0.2, 0) is 22.4 Å². The summed E-state index contributed by atoms with van der Waals surface area (Å²) in [5.74, 6) is -0.890. The third-order valence-corrected chi connectivity index (χ3v) is 5.83. The van der Waals surface area contributed by atoms with Crippen molar-refractivity contribution in [2.75, 3.05) is 5.32 Å². The van der Waals surface area contributed by atoms with Crippen LogP contribution in [0.25, 0.3) is 0 Å². The lowest BCUT2D eigenvalue weighted by atomic mass is 9.88. The molecule has 3 unspecified atom stereocenters. The highest BCUT2D eigenvalue weighted by molar-refractivity contribution is 7.17. The zero-order valence-corrected chi connectivity index (χ0v) is 15.4. The lowest BCUT2D eigenvalue weighted by molar-refractivity contribution is -0.497. The highest BCUT2D eigenvalue weighted by atomic mass is 32.1. The molecule has 1 amide bonds. The number of ether oxygens (including phenoxy) is 1. The summed E-state index contributed by atoms with van der Waals surface area (Å²) in [4.78, 5) is 36.3. The van der Waals surface area contributed by atoms with Gasteiger partial charge in [0.1, 0.15) is 10.9 Å². The van der Waals surface area contributed by atoms with Gasteiger partial charge in [-0.05, 0) is 44.6 Å². The van der Waals surface area contributed by atoms with Gasteiger partial charge in [0.15, 0.2) is 0 Å². The Kier molecular flexibility index (Phi) is 4.81. The monoisotopic (exact) mass is 366 g/mol. The van der Waals surface area contributed by atoms with Crippen LogP contribution in [0.5, 0.6) is 0 Å². The number of nitro groups is 1. The molecule has 0 radical (unpaired) electrons. The maximum absolute atomic E-state index is 12.6. The first-order valence-electron chi connectivity index (χ1n) is 8.57. The molecule has 0 spiro atoms. The Balaban J connectivity index is 1.86. The number of rotatable bonds is 5. The van der Waals surface area contributed by atoms with Crippen LogP contribution in [0.3, 0.4) is 0 Å². The van der Waals surface area contributed by atoms with Crippen molar-refractivity contribution in [2.45, 2.75) is 58.6 Å². The molecule has 1 heterocycles. The van der Waals surface area contributed by atoms with E-state index in [0.717, 1.165) is 29.7 Å². The van der Waals surface area contributed by atoms with Gasteiger partial charge < -0.3 is 10.1 Å². The smallest absolute Gasteiger partial charge is 0.341 e. The number of fused-ring (bicyclic) bond motifs is 1. The van der Waals surface area contributed by atoms with Crippen molar-refractivity contribution in [2.24, 2.45) is 11.8 Å². The van der Waals surface area contributed by atoms with Gasteiger partial charge in [0, 0.05) is 16.2 Å². The molecule has 1 fully saturated rings. The van der Waals surface area contributed by atoms with Crippen LogP contribution >= 0.6 is 11.3 Å². The molecule has 1 aromatic rings. The summed E-state index contributed by atoms with van der Waals surface area (Å²) in [6, 6.07) is -0.805. The van der Waals surface area contributed by atoms with E-state index in [-0.39, 0.29) is 18.4 Å². The predicted molar refractivity (Wildman–Crippen MR) is 93.6 cm³/mol. The molecule has 0 aromatic carbocycles. The number of hydrogen-bond donors (Lipinski definition) is 1.